The molecule has 1 aliphatic carbocycles. The van der Waals surface area contributed by atoms with Crippen LogP contribution in [0.15, 0.2) is 47.6 Å². The fourth-order valence-corrected chi connectivity index (χ4v) is 3.47. The van der Waals surface area contributed by atoms with E-state index in [-0.39, 0.29) is 17.6 Å². The number of halogens is 1. The highest BCUT2D eigenvalue weighted by Gasteiger charge is 2.17. The highest BCUT2D eigenvalue weighted by atomic mass is 32.2. The van der Waals surface area contributed by atoms with Gasteiger partial charge < -0.3 is 10.6 Å². The van der Waals surface area contributed by atoms with Crippen molar-refractivity contribution in [2.24, 2.45) is 0 Å². The lowest BCUT2D eigenvalue weighted by Crippen LogP contribution is -2.33. The first-order valence-electron chi connectivity index (χ1n) is 8.55. The first-order chi connectivity index (χ1) is 12.6. The van der Waals surface area contributed by atoms with Crippen molar-refractivity contribution in [2.45, 2.75) is 36.8 Å². The minimum absolute atomic E-state index is 0.0156. The van der Waals surface area contributed by atoms with Gasteiger partial charge in [0.1, 0.15) is 5.82 Å². The van der Waals surface area contributed by atoms with Gasteiger partial charge in [-0.05, 0) is 49.2 Å². The number of nitrogens with zero attached hydrogens (tertiary/aromatic N) is 1. The van der Waals surface area contributed by atoms with Crippen molar-refractivity contribution in [3.8, 4) is 0 Å². The summed E-state index contributed by atoms with van der Waals surface area (Å²) in [5.41, 5.74) is 0.910. The average Bonchev–Trinajstić information content (AvgIpc) is 3.15. The molecule has 1 aliphatic rings. The van der Waals surface area contributed by atoms with Crippen LogP contribution in [-0.4, -0.2) is 28.6 Å². The molecule has 0 radical (unpaired) electrons. The molecule has 2 amide bonds. The van der Waals surface area contributed by atoms with E-state index in [0.717, 1.165) is 12.8 Å². The molecular formula is C19H20FN3O2S. The van der Waals surface area contributed by atoms with Crippen LogP contribution in [0.25, 0.3) is 0 Å². The van der Waals surface area contributed by atoms with E-state index in [1.54, 1.807) is 12.1 Å². The summed E-state index contributed by atoms with van der Waals surface area (Å²) in [4.78, 5) is 28.3. The van der Waals surface area contributed by atoms with E-state index in [9.17, 15) is 14.0 Å². The van der Waals surface area contributed by atoms with E-state index in [1.807, 2.05) is 0 Å². The van der Waals surface area contributed by atoms with Crippen molar-refractivity contribution >= 4 is 29.3 Å². The van der Waals surface area contributed by atoms with Gasteiger partial charge in [0.2, 0.25) is 5.91 Å². The number of nitrogens with one attached hydrogen (secondary N) is 2. The van der Waals surface area contributed by atoms with Gasteiger partial charge in [0, 0.05) is 17.9 Å². The molecule has 0 bridgehead atoms. The number of hydrogen-bond acceptors (Lipinski definition) is 4. The predicted octanol–water partition coefficient (Wildman–Crippen LogP) is 3.62. The van der Waals surface area contributed by atoms with E-state index in [0.29, 0.717) is 28.1 Å². The Morgan fingerprint density at radius 2 is 1.85 bits per heavy atom. The van der Waals surface area contributed by atoms with Crippen molar-refractivity contribution in [1.29, 1.82) is 0 Å². The number of thioether (sulfide) groups is 1. The summed E-state index contributed by atoms with van der Waals surface area (Å²) >= 11 is 1.34. The van der Waals surface area contributed by atoms with Gasteiger partial charge in [0.05, 0.1) is 16.3 Å². The van der Waals surface area contributed by atoms with E-state index < -0.39 is 0 Å². The zero-order valence-corrected chi connectivity index (χ0v) is 15.0. The third-order valence-corrected chi connectivity index (χ3v) is 5.12. The molecule has 7 heteroatoms. The van der Waals surface area contributed by atoms with E-state index in [2.05, 4.69) is 15.6 Å². The number of hydrogen-bond donors (Lipinski definition) is 2. The van der Waals surface area contributed by atoms with Crippen molar-refractivity contribution in [3.63, 3.8) is 0 Å². The number of carbonyl (C=O) groups excluding carboxylic acids is 2. The summed E-state index contributed by atoms with van der Waals surface area (Å²) in [6, 6.07) is 9.24. The Balaban J connectivity index is 1.48. The van der Waals surface area contributed by atoms with Gasteiger partial charge in [-0.3, -0.25) is 9.59 Å². The first kappa shape index (κ1) is 18.4. The molecule has 136 valence electrons. The molecule has 1 aromatic carbocycles. The lowest BCUT2D eigenvalue weighted by molar-refractivity contribution is -0.119. The van der Waals surface area contributed by atoms with Crippen LogP contribution in [0.4, 0.5) is 10.1 Å². The molecule has 2 N–H and O–H groups in total. The molecular weight excluding hydrogens is 353 g/mol. The maximum atomic E-state index is 12.9. The highest BCUT2D eigenvalue weighted by Crippen LogP contribution is 2.19. The number of pyridine rings is 1. The SMILES string of the molecule is O=C(CSc1ccc(C(=O)Nc2ccc(F)cc2)cn1)NC1CCCC1. The molecule has 0 spiro atoms. The number of anilines is 1. The number of carbonyl (C=O) groups is 2. The minimum Gasteiger partial charge on any atom is -0.353 e. The monoisotopic (exact) mass is 373 g/mol. The van der Waals surface area contributed by atoms with Crippen LogP contribution < -0.4 is 10.6 Å². The maximum Gasteiger partial charge on any atom is 0.257 e. The molecule has 1 aromatic heterocycles. The Morgan fingerprint density at radius 1 is 1.12 bits per heavy atom. The second-order valence-corrected chi connectivity index (χ2v) is 7.18. The minimum atomic E-state index is -0.358. The lowest BCUT2D eigenvalue weighted by Gasteiger charge is -2.11. The first-order valence-corrected chi connectivity index (χ1v) is 9.54. The number of amides is 2. The van der Waals surface area contributed by atoms with Gasteiger partial charge in [-0.25, -0.2) is 9.37 Å². The second kappa shape index (κ2) is 8.80. The standard InChI is InChI=1S/C19H20FN3O2S/c20-14-6-8-16(9-7-14)23-19(25)13-5-10-18(21-11-13)26-12-17(24)22-15-3-1-2-4-15/h5-11,15H,1-4,12H2,(H,22,24)(H,23,25). The summed E-state index contributed by atoms with van der Waals surface area (Å²) in [5, 5.41) is 6.40. The summed E-state index contributed by atoms with van der Waals surface area (Å²) < 4.78 is 12.9. The zero-order chi connectivity index (χ0) is 18.4. The van der Waals surface area contributed by atoms with Crippen molar-refractivity contribution in [2.75, 3.05) is 11.1 Å². The molecule has 1 saturated carbocycles. The second-order valence-electron chi connectivity index (χ2n) is 6.18. The summed E-state index contributed by atoms with van der Waals surface area (Å²) in [6.07, 6.45) is 5.96. The summed E-state index contributed by atoms with van der Waals surface area (Å²) in [6.45, 7) is 0. The van der Waals surface area contributed by atoms with Crippen LogP contribution in [0.2, 0.25) is 0 Å². The fraction of sp³-hybridized carbons (Fsp3) is 0.316. The Hall–Kier alpha value is -2.41. The Kier molecular flexibility index (Phi) is 6.22. The number of aromatic nitrogens is 1. The van der Waals surface area contributed by atoms with Gasteiger partial charge >= 0.3 is 0 Å². The van der Waals surface area contributed by atoms with Crippen molar-refractivity contribution in [3.05, 3.63) is 54.0 Å². The largest absolute Gasteiger partial charge is 0.353 e. The molecule has 0 saturated heterocycles. The number of benzene rings is 1. The third kappa shape index (κ3) is 5.29. The van der Waals surface area contributed by atoms with E-state index in [4.69, 9.17) is 0 Å². The number of rotatable bonds is 6. The third-order valence-electron chi connectivity index (χ3n) is 4.17. The zero-order valence-electron chi connectivity index (χ0n) is 14.2. The van der Waals surface area contributed by atoms with Gasteiger partial charge in [-0.2, -0.15) is 0 Å². The van der Waals surface area contributed by atoms with Crippen LogP contribution in [0.3, 0.4) is 0 Å². The van der Waals surface area contributed by atoms with Crippen molar-refractivity contribution in [1.82, 2.24) is 10.3 Å². The Morgan fingerprint density at radius 3 is 2.50 bits per heavy atom. The topological polar surface area (TPSA) is 71.1 Å². The predicted molar refractivity (Wildman–Crippen MR) is 99.7 cm³/mol. The molecule has 2 aromatic rings. The summed E-state index contributed by atoms with van der Waals surface area (Å²) in [5.74, 6) is -0.352. The van der Waals surface area contributed by atoms with Crippen LogP contribution in [0.1, 0.15) is 36.0 Å². The maximum absolute atomic E-state index is 12.9. The quantitative estimate of drug-likeness (QED) is 0.759. The lowest BCUT2D eigenvalue weighted by atomic mass is 10.2. The van der Waals surface area contributed by atoms with Crippen LogP contribution in [0, 0.1) is 5.82 Å². The highest BCUT2D eigenvalue weighted by molar-refractivity contribution is 7.99. The smallest absolute Gasteiger partial charge is 0.257 e. The van der Waals surface area contributed by atoms with Gasteiger partial charge in [-0.1, -0.05) is 24.6 Å². The molecule has 5 nitrogen and oxygen atoms in total. The van der Waals surface area contributed by atoms with Crippen LogP contribution >= 0.6 is 11.8 Å². The molecule has 1 heterocycles. The van der Waals surface area contributed by atoms with Crippen LogP contribution in [-0.2, 0) is 4.79 Å². The fourth-order valence-electron chi connectivity index (χ4n) is 2.82. The molecule has 0 unspecified atom stereocenters. The van der Waals surface area contributed by atoms with Crippen LogP contribution in [0.5, 0.6) is 0 Å². The molecule has 1 fully saturated rings. The van der Waals surface area contributed by atoms with Gasteiger partial charge in [0.15, 0.2) is 0 Å². The van der Waals surface area contributed by atoms with E-state index >= 15 is 0 Å². The van der Waals surface area contributed by atoms with Crippen molar-refractivity contribution < 1.29 is 14.0 Å². The molecule has 26 heavy (non-hydrogen) atoms. The normalized spacial score (nSPS) is 14.2. The van der Waals surface area contributed by atoms with Gasteiger partial charge in [-0.15, -0.1) is 0 Å². The Bertz CT molecular complexity index is 759. The summed E-state index contributed by atoms with van der Waals surface area (Å²) in [7, 11) is 0. The molecule has 0 aliphatic heterocycles. The molecule has 0 atom stereocenters. The Labute approximate surface area is 155 Å². The average molecular weight is 373 g/mol. The molecule has 3 rings (SSSR count). The van der Waals surface area contributed by atoms with E-state index in [1.165, 1.54) is 55.1 Å². The van der Waals surface area contributed by atoms with Gasteiger partial charge in [0.25, 0.3) is 5.91 Å².